The molecular weight excluding hydrogens is 338 g/mol. The van der Waals surface area contributed by atoms with Crippen molar-refractivity contribution in [2.75, 3.05) is 13.1 Å². The molecule has 1 aromatic heterocycles. The zero-order chi connectivity index (χ0) is 18.0. The Morgan fingerprint density at radius 2 is 1.80 bits per heavy atom. The molecule has 2 heterocycles. The van der Waals surface area contributed by atoms with Crippen LogP contribution in [0, 0.1) is 0 Å². The quantitative estimate of drug-likeness (QED) is 0.814. The first-order valence-electron chi connectivity index (χ1n) is 8.84. The Bertz CT molecular complexity index is 804. The smallest absolute Gasteiger partial charge is 0.243 e. The molecule has 0 bridgehead atoms. The van der Waals surface area contributed by atoms with E-state index in [0.29, 0.717) is 42.6 Å². The zero-order valence-electron chi connectivity index (χ0n) is 15.0. The molecule has 0 amide bonds. The van der Waals surface area contributed by atoms with Crippen molar-refractivity contribution in [2.24, 2.45) is 0 Å². The highest BCUT2D eigenvalue weighted by atomic mass is 32.2. The van der Waals surface area contributed by atoms with E-state index in [1.54, 1.807) is 16.4 Å². The molecule has 1 aliphatic rings. The van der Waals surface area contributed by atoms with Crippen LogP contribution in [-0.2, 0) is 16.4 Å². The van der Waals surface area contributed by atoms with Gasteiger partial charge in [-0.15, -0.1) is 10.2 Å². The van der Waals surface area contributed by atoms with Crippen LogP contribution in [0.2, 0.25) is 0 Å². The molecule has 1 aromatic carbocycles. The third-order valence-electron chi connectivity index (χ3n) is 4.72. The lowest BCUT2D eigenvalue weighted by atomic mass is 9.98. The number of aryl methyl sites for hydroxylation is 1. The molecule has 0 radical (unpaired) electrons. The van der Waals surface area contributed by atoms with Crippen LogP contribution in [0.1, 0.15) is 62.8 Å². The molecule has 1 saturated heterocycles. The number of aromatic nitrogens is 2. The van der Waals surface area contributed by atoms with E-state index in [9.17, 15) is 8.42 Å². The summed E-state index contributed by atoms with van der Waals surface area (Å²) >= 11 is 0. The van der Waals surface area contributed by atoms with Crippen LogP contribution < -0.4 is 0 Å². The molecule has 2 aromatic rings. The molecule has 25 heavy (non-hydrogen) atoms. The van der Waals surface area contributed by atoms with Gasteiger partial charge in [-0.3, -0.25) is 0 Å². The first kappa shape index (κ1) is 18.1. The number of benzene rings is 1. The van der Waals surface area contributed by atoms with Gasteiger partial charge < -0.3 is 4.42 Å². The van der Waals surface area contributed by atoms with Crippen molar-refractivity contribution in [1.82, 2.24) is 14.5 Å². The number of sulfonamides is 1. The summed E-state index contributed by atoms with van der Waals surface area (Å²) in [6.45, 7) is 7.02. The molecule has 0 aliphatic carbocycles. The summed E-state index contributed by atoms with van der Waals surface area (Å²) in [5, 5.41) is 8.21. The molecule has 0 saturated carbocycles. The Kier molecular flexibility index (Phi) is 5.24. The van der Waals surface area contributed by atoms with E-state index in [0.717, 1.165) is 12.0 Å². The Balaban J connectivity index is 1.68. The van der Waals surface area contributed by atoms with E-state index in [-0.39, 0.29) is 11.8 Å². The second kappa shape index (κ2) is 7.25. The van der Waals surface area contributed by atoms with E-state index in [2.05, 4.69) is 17.1 Å². The van der Waals surface area contributed by atoms with Gasteiger partial charge in [0.2, 0.25) is 21.8 Å². The number of hydrogen-bond acceptors (Lipinski definition) is 5. The van der Waals surface area contributed by atoms with Crippen LogP contribution in [0.4, 0.5) is 0 Å². The largest absolute Gasteiger partial charge is 0.425 e. The molecular formula is C18H25N3O3S. The van der Waals surface area contributed by atoms with Crippen molar-refractivity contribution < 1.29 is 12.8 Å². The summed E-state index contributed by atoms with van der Waals surface area (Å²) in [5.74, 6) is 1.61. The first-order valence-corrected chi connectivity index (χ1v) is 10.3. The van der Waals surface area contributed by atoms with Gasteiger partial charge in [0.1, 0.15) is 0 Å². The fourth-order valence-corrected chi connectivity index (χ4v) is 4.50. The minimum atomic E-state index is -3.43. The molecule has 0 atom stereocenters. The summed E-state index contributed by atoms with van der Waals surface area (Å²) in [6.07, 6.45) is 2.30. The molecule has 0 spiro atoms. The summed E-state index contributed by atoms with van der Waals surface area (Å²) in [4.78, 5) is 0.364. The van der Waals surface area contributed by atoms with Crippen LogP contribution in [-0.4, -0.2) is 36.0 Å². The second-order valence-corrected chi connectivity index (χ2v) is 8.75. The Morgan fingerprint density at radius 1 is 1.16 bits per heavy atom. The maximum atomic E-state index is 12.8. The molecule has 3 rings (SSSR count). The minimum absolute atomic E-state index is 0.133. The van der Waals surface area contributed by atoms with Crippen LogP contribution in [0.5, 0.6) is 0 Å². The van der Waals surface area contributed by atoms with Gasteiger partial charge in [-0.2, -0.15) is 4.31 Å². The lowest BCUT2D eigenvalue weighted by Crippen LogP contribution is -2.37. The number of rotatable bonds is 5. The Hall–Kier alpha value is -1.73. The predicted octanol–water partition coefficient (Wildman–Crippen LogP) is 3.32. The maximum absolute atomic E-state index is 12.8. The third kappa shape index (κ3) is 3.77. The van der Waals surface area contributed by atoms with E-state index < -0.39 is 10.0 Å². The normalized spacial score (nSPS) is 17.3. The SMILES string of the molecule is CCc1ccc(S(=O)(=O)N2CCC(c3nnc(C(C)C)o3)CC2)cc1. The Labute approximate surface area is 149 Å². The topological polar surface area (TPSA) is 76.3 Å². The summed E-state index contributed by atoms with van der Waals surface area (Å²) in [7, 11) is -3.43. The lowest BCUT2D eigenvalue weighted by Gasteiger charge is -2.29. The van der Waals surface area contributed by atoms with Crippen LogP contribution in [0.25, 0.3) is 0 Å². The molecule has 1 fully saturated rings. The van der Waals surface area contributed by atoms with E-state index >= 15 is 0 Å². The summed E-state index contributed by atoms with van der Waals surface area (Å²) in [6, 6.07) is 7.16. The average molecular weight is 363 g/mol. The van der Waals surface area contributed by atoms with E-state index in [4.69, 9.17) is 4.42 Å². The molecule has 0 unspecified atom stereocenters. The predicted molar refractivity (Wildman–Crippen MR) is 94.9 cm³/mol. The van der Waals surface area contributed by atoms with Crippen LogP contribution >= 0.6 is 0 Å². The molecule has 1 aliphatic heterocycles. The van der Waals surface area contributed by atoms with Gasteiger partial charge >= 0.3 is 0 Å². The number of nitrogens with zero attached hydrogens (tertiary/aromatic N) is 3. The summed E-state index contributed by atoms with van der Waals surface area (Å²) in [5.41, 5.74) is 1.13. The zero-order valence-corrected chi connectivity index (χ0v) is 15.8. The van der Waals surface area contributed by atoms with E-state index in [1.165, 1.54) is 0 Å². The highest BCUT2D eigenvalue weighted by molar-refractivity contribution is 7.89. The monoisotopic (exact) mass is 363 g/mol. The van der Waals surface area contributed by atoms with Gasteiger partial charge in [-0.1, -0.05) is 32.9 Å². The van der Waals surface area contributed by atoms with Gasteiger partial charge in [0.05, 0.1) is 4.90 Å². The van der Waals surface area contributed by atoms with Crippen LogP contribution in [0.3, 0.4) is 0 Å². The minimum Gasteiger partial charge on any atom is -0.425 e. The van der Waals surface area contributed by atoms with Crippen LogP contribution in [0.15, 0.2) is 33.6 Å². The Morgan fingerprint density at radius 3 is 2.32 bits per heavy atom. The van der Waals surface area contributed by atoms with Crippen molar-refractivity contribution in [1.29, 1.82) is 0 Å². The second-order valence-electron chi connectivity index (χ2n) is 6.81. The maximum Gasteiger partial charge on any atom is 0.243 e. The van der Waals surface area contributed by atoms with Crippen molar-refractivity contribution in [3.8, 4) is 0 Å². The highest BCUT2D eigenvalue weighted by Gasteiger charge is 2.32. The standard InChI is InChI=1S/C18H25N3O3S/c1-4-14-5-7-16(8-6-14)25(22,23)21-11-9-15(10-12-21)18-20-19-17(24-18)13(2)3/h5-8,13,15H,4,9-12H2,1-3H3. The van der Waals surface area contributed by atoms with E-state index in [1.807, 2.05) is 26.0 Å². The third-order valence-corrected chi connectivity index (χ3v) is 6.64. The average Bonchev–Trinajstić information content (AvgIpc) is 3.12. The number of piperidine rings is 1. The molecule has 136 valence electrons. The highest BCUT2D eigenvalue weighted by Crippen LogP contribution is 2.30. The van der Waals surface area contributed by atoms with Gasteiger partial charge in [-0.05, 0) is 37.0 Å². The van der Waals surface area contributed by atoms with Crippen molar-refractivity contribution in [2.45, 2.75) is 56.8 Å². The van der Waals surface area contributed by atoms with Gasteiger partial charge in [-0.25, -0.2) is 8.42 Å². The fraction of sp³-hybridized carbons (Fsp3) is 0.556. The van der Waals surface area contributed by atoms with Gasteiger partial charge in [0, 0.05) is 24.9 Å². The van der Waals surface area contributed by atoms with Crippen molar-refractivity contribution >= 4 is 10.0 Å². The molecule has 7 heteroatoms. The van der Waals surface area contributed by atoms with Gasteiger partial charge in [0.15, 0.2) is 0 Å². The molecule has 0 N–H and O–H groups in total. The fourth-order valence-electron chi connectivity index (χ4n) is 3.03. The van der Waals surface area contributed by atoms with Crippen molar-refractivity contribution in [3.05, 3.63) is 41.6 Å². The number of hydrogen-bond donors (Lipinski definition) is 0. The van der Waals surface area contributed by atoms with Crippen molar-refractivity contribution in [3.63, 3.8) is 0 Å². The molecule has 6 nitrogen and oxygen atoms in total. The lowest BCUT2D eigenvalue weighted by molar-refractivity contribution is 0.285. The first-order chi connectivity index (χ1) is 11.9. The summed E-state index contributed by atoms with van der Waals surface area (Å²) < 4.78 is 32.9. The van der Waals surface area contributed by atoms with Gasteiger partial charge in [0.25, 0.3) is 0 Å².